The molecule has 0 saturated carbocycles. The molecular formula is C14H16Cl2N4O3. The average molecular weight is 359 g/mol. The predicted octanol–water partition coefficient (Wildman–Crippen LogP) is 1.02. The van der Waals surface area contributed by atoms with Crippen LogP contribution in [0.1, 0.15) is 18.4 Å². The van der Waals surface area contributed by atoms with Crippen LogP contribution in [0.4, 0.5) is 0 Å². The number of hydrogen-bond donors (Lipinski definition) is 3. The summed E-state index contributed by atoms with van der Waals surface area (Å²) in [7, 11) is 0. The molecule has 0 spiro atoms. The van der Waals surface area contributed by atoms with Crippen molar-refractivity contribution in [1.29, 1.82) is 0 Å². The minimum absolute atomic E-state index is 0.0911. The van der Waals surface area contributed by atoms with Gasteiger partial charge in [0.25, 0.3) is 0 Å². The summed E-state index contributed by atoms with van der Waals surface area (Å²) in [5, 5.41) is 5.44. The van der Waals surface area contributed by atoms with E-state index in [0.29, 0.717) is 35.0 Å². The van der Waals surface area contributed by atoms with Crippen molar-refractivity contribution < 1.29 is 14.4 Å². The van der Waals surface area contributed by atoms with Gasteiger partial charge in [-0.05, 0) is 24.1 Å². The van der Waals surface area contributed by atoms with Crippen LogP contribution in [0, 0.1) is 0 Å². The third-order valence-corrected chi connectivity index (χ3v) is 3.41. The Kier molecular flexibility index (Phi) is 8.07. The molecule has 1 aromatic carbocycles. The second-order valence-corrected chi connectivity index (χ2v) is 5.31. The quantitative estimate of drug-likeness (QED) is 0.292. The van der Waals surface area contributed by atoms with E-state index >= 15 is 0 Å². The van der Waals surface area contributed by atoms with E-state index in [1.807, 2.05) is 0 Å². The number of benzene rings is 1. The van der Waals surface area contributed by atoms with E-state index in [0.717, 1.165) is 0 Å². The third kappa shape index (κ3) is 7.12. The third-order valence-electron chi connectivity index (χ3n) is 2.71. The number of hydrogen-bond acceptors (Lipinski definition) is 3. The number of carbonyl (C=O) groups excluding carboxylic acids is 3. The molecule has 0 bridgehead atoms. The first kappa shape index (κ1) is 18.9. The molecule has 0 heterocycles. The summed E-state index contributed by atoms with van der Waals surface area (Å²) in [6.45, 7) is 0.363. The fourth-order valence-electron chi connectivity index (χ4n) is 1.67. The van der Waals surface area contributed by atoms with Crippen LogP contribution in [-0.4, -0.2) is 30.7 Å². The molecule has 1 rings (SSSR count). The first-order valence-electron chi connectivity index (χ1n) is 6.70. The molecule has 0 aromatic heterocycles. The lowest BCUT2D eigenvalue weighted by Crippen LogP contribution is -2.38. The fraction of sp³-hybridized carbons (Fsp3) is 0.286. The largest absolute Gasteiger partial charge is 0.369 e. The SMILES string of the molecule is NC(=NC(=O)CCCNC=O)NC(=O)Cc1c(Cl)cccc1Cl. The molecule has 1 aromatic rings. The van der Waals surface area contributed by atoms with Crippen molar-refractivity contribution in [2.24, 2.45) is 10.7 Å². The van der Waals surface area contributed by atoms with Crippen molar-refractivity contribution in [3.8, 4) is 0 Å². The van der Waals surface area contributed by atoms with Gasteiger partial charge >= 0.3 is 0 Å². The van der Waals surface area contributed by atoms with Crippen LogP contribution >= 0.6 is 23.2 Å². The van der Waals surface area contributed by atoms with Gasteiger partial charge in [0.05, 0.1) is 6.42 Å². The summed E-state index contributed by atoms with van der Waals surface area (Å²) in [6.07, 6.45) is 0.986. The molecule has 0 fully saturated rings. The topological polar surface area (TPSA) is 114 Å². The average Bonchev–Trinajstić information content (AvgIpc) is 2.47. The van der Waals surface area contributed by atoms with Gasteiger partial charge in [0.2, 0.25) is 24.2 Å². The number of amides is 3. The minimum atomic E-state index is -0.494. The van der Waals surface area contributed by atoms with Crippen molar-refractivity contribution in [3.63, 3.8) is 0 Å². The molecule has 0 unspecified atom stereocenters. The molecule has 0 radical (unpaired) electrons. The minimum Gasteiger partial charge on any atom is -0.369 e. The number of nitrogens with two attached hydrogens (primary N) is 1. The lowest BCUT2D eigenvalue weighted by molar-refractivity contribution is -0.119. The monoisotopic (exact) mass is 358 g/mol. The van der Waals surface area contributed by atoms with E-state index in [9.17, 15) is 14.4 Å². The van der Waals surface area contributed by atoms with Crippen molar-refractivity contribution in [3.05, 3.63) is 33.8 Å². The van der Waals surface area contributed by atoms with E-state index in [-0.39, 0.29) is 18.8 Å². The lowest BCUT2D eigenvalue weighted by Gasteiger charge is -2.07. The zero-order valence-electron chi connectivity index (χ0n) is 12.1. The van der Waals surface area contributed by atoms with Crippen molar-refractivity contribution in [1.82, 2.24) is 10.6 Å². The first-order valence-corrected chi connectivity index (χ1v) is 7.46. The van der Waals surface area contributed by atoms with Gasteiger partial charge in [-0.1, -0.05) is 29.3 Å². The normalized spacial score (nSPS) is 11.0. The van der Waals surface area contributed by atoms with Crippen molar-refractivity contribution in [2.45, 2.75) is 19.3 Å². The molecule has 7 nitrogen and oxygen atoms in total. The molecule has 0 aliphatic rings. The summed E-state index contributed by atoms with van der Waals surface area (Å²) >= 11 is 11.9. The van der Waals surface area contributed by atoms with Crippen molar-refractivity contribution >= 4 is 47.4 Å². The zero-order valence-corrected chi connectivity index (χ0v) is 13.7. The van der Waals surface area contributed by atoms with E-state index in [1.165, 1.54) is 0 Å². The molecular weight excluding hydrogens is 343 g/mol. The van der Waals surface area contributed by atoms with Gasteiger partial charge < -0.3 is 11.1 Å². The van der Waals surface area contributed by atoms with Crippen LogP contribution in [0.3, 0.4) is 0 Å². The fourth-order valence-corrected chi connectivity index (χ4v) is 2.20. The second-order valence-electron chi connectivity index (χ2n) is 4.49. The maximum atomic E-state index is 11.9. The Morgan fingerprint density at radius 3 is 2.52 bits per heavy atom. The molecule has 0 saturated heterocycles. The number of nitrogens with one attached hydrogen (secondary N) is 2. The van der Waals surface area contributed by atoms with Gasteiger partial charge in [0, 0.05) is 23.0 Å². The second kappa shape index (κ2) is 9.81. The molecule has 0 atom stereocenters. The number of rotatable bonds is 7. The van der Waals surface area contributed by atoms with Crippen LogP contribution in [0.2, 0.25) is 10.0 Å². The maximum absolute atomic E-state index is 11.9. The summed E-state index contributed by atoms with van der Waals surface area (Å²) in [4.78, 5) is 36.9. The summed E-state index contributed by atoms with van der Waals surface area (Å²) in [5.74, 6) is -1.28. The number of aliphatic imine (C=N–C) groups is 1. The Labute approximate surface area is 143 Å². The van der Waals surface area contributed by atoms with E-state index in [1.54, 1.807) is 18.2 Å². The van der Waals surface area contributed by atoms with Crippen LogP contribution in [0.15, 0.2) is 23.2 Å². The smallest absolute Gasteiger partial charge is 0.248 e. The van der Waals surface area contributed by atoms with Gasteiger partial charge in [-0.25, -0.2) is 0 Å². The lowest BCUT2D eigenvalue weighted by atomic mass is 10.1. The van der Waals surface area contributed by atoms with Gasteiger partial charge in [-0.15, -0.1) is 0 Å². The zero-order chi connectivity index (χ0) is 17.2. The molecule has 124 valence electrons. The number of halogens is 2. The van der Waals surface area contributed by atoms with Crippen LogP contribution in [-0.2, 0) is 20.8 Å². The van der Waals surface area contributed by atoms with Crippen LogP contribution < -0.4 is 16.4 Å². The van der Waals surface area contributed by atoms with E-state index in [2.05, 4.69) is 15.6 Å². The van der Waals surface area contributed by atoms with Crippen LogP contribution in [0.25, 0.3) is 0 Å². The summed E-state index contributed by atoms with van der Waals surface area (Å²) < 4.78 is 0. The Hall–Kier alpha value is -2.12. The highest BCUT2D eigenvalue weighted by Crippen LogP contribution is 2.24. The van der Waals surface area contributed by atoms with Gasteiger partial charge in [-0.2, -0.15) is 4.99 Å². The van der Waals surface area contributed by atoms with Crippen molar-refractivity contribution in [2.75, 3.05) is 6.54 Å². The van der Waals surface area contributed by atoms with Crippen LogP contribution in [0.5, 0.6) is 0 Å². The summed E-state index contributed by atoms with van der Waals surface area (Å²) in [6, 6.07) is 4.90. The number of nitrogens with zero attached hydrogens (tertiary/aromatic N) is 1. The highest BCUT2D eigenvalue weighted by atomic mass is 35.5. The Morgan fingerprint density at radius 1 is 1.26 bits per heavy atom. The molecule has 4 N–H and O–H groups in total. The Balaban J connectivity index is 2.51. The molecule has 23 heavy (non-hydrogen) atoms. The predicted molar refractivity (Wildman–Crippen MR) is 88.2 cm³/mol. The molecule has 3 amide bonds. The Bertz CT molecular complexity index is 600. The van der Waals surface area contributed by atoms with E-state index in [4.69, 9.17) is 28.9 Å². The van der Waals surface area contributed by atoms with E-state index < -0.39 is 11.8 Å². The number of carbonyl (C=O) groups is 3. The molecule has 0 aliphatic heterocycles. The molecule has 0 aliphatic carbocycles. The number of guanidine groups is 1. The summed E-state index contributed by atoms with van der Waals surface area (Å²) in [5.41, 5.74) is 5.96. The van der Waals surface area contributed by atoms with Gasteiger partial charge in [0.15, 0.2) is 0 Å². The standard InChI is InChI=1S/C14H16Cl2N4O3/c15-10-3-1-4-11(16)9(10)7-13(23)20-14(17)19-12(22)5-2-6-18-8-21/h1,3-4,8H,2,5-7H2,(H,18,21)(H3,17,19,20,22,23). The highest BCUT2D eigenvalue weighted by Gasteiger charge is 2.12. The first-order chi connectivity index (χ1) is 10.9. The maximum Gasteiger partial charge on any atom is 0.248 e. The van der Waals surface area contributed by atoms with Gasteiger partial charge in [0.1, 0.15) is 0 Å². The van der Waals surface area contributed by atoms with Gasteiger partial charge in [-0.3, -0.25) is 19.7 Å². The highest BCUT2D eigenvalue weighted by molar-refractivity contribution is 6.36. The Morgan fingerprint density at radius 2 is 1.91 bits per heavy atom. The molecule has 9 heteroatoms.